The molecule has 5 nitrogen and oxygen atoms in total. The Kier molecular flexibility index (Phi) is 2.07. The average Bonchev–Trinajstić information content (AvgIpc) is 1.67. The molecular formula is C3H3N3O2. The minimum Gasteiger partial charge on any atom is -0.361 e. The number of hydrogen-bond donors (Lipinski definition) is 2. The SMILES string of the molecule is N#CNC(=O)C(N)=O. The summed E-state index contributed by atoms with van der Waals surface area (Å²) in [5.74, 6) is -2.25. The second-order valence-corrected chi connectivity index (χ2v) is 0.930. The molecule has 0 aromatic rings. The third kappa shape index (κ3) is 1.77. The Morgan fingerprint density at radius 1 is 1.62 bits per heavy atom. The van der Waals surface area contributed by atoms with Crippen molar-refractivity contribution in [3.8, 4) is 6.19 Å². The van der Waals surface area contributed by atoms with E-state index >= 15 is 0 Å². The van der Waals surface area contributed by atoms with E-state index in [0.29, 0.717) is 0 Å². The van der Waals surface area contributed by atoms with Crippen LogP contribution in [0.15, 0.2) is 0 Å². The summed E-state index contributed by atoms with van der Waals surface area (Å²) < 4.78 is 0. The molecule has 42 valence electrons. The van der Waals surface area contributed by atoms with Crippen LogP contribution in [0.1, 0.15) is 0 Å². The lowest BCUT2D eigenvalue weighted by atomic mass is 10.6. The molecule has 0 saturated heterocycles. The number of nitriles is 1. The van der Waals surface area contributed by atoms with Crippen molar-refractivity contribution in [2.24, 2.45) is 5.73 Å². The van der Waals surface area contributed by atoms with Crippen LogP contribution in [-0.2, 0) is 9.59 Å². The number of primary amides is 1. The quantitative estimate of drug-likeness (QED) is 0.217. The minimum absolute atomic E-state index is 1.09. The van der Waals surface area contributed by atoms with Gasteiger partial charge in [0.15, 0.2) is 6.19 Å². The molecule has 0 spiro atoms. The lowest BCUT2D eigenvalue weighted by Gasteiger charge is -1.84. The predicted molar refractivity (Wildman–Crippen MR) is 23.0 cm³/mol. The molecular weight excluding hydrogens is 110 g/mol. The van der Waals surface area contributed by atoms with Crippen molar-refractivity contribution in [2.45, 2.75) is 0 Å². The van der Waals surface area contributed by atoms with Gasteiger partial charge in [-0.15, -0.1) is 0 Å². The molecule has 0 fully saturated rings. The van der Waals surface area contributed by atoms with Crippen molar-refractivity contribution in [1.82, 2.24) is 5.32 Å². The highest BCUT2D eigenvalue weighted by molar-refractivity contribution is 6.34. The summed E-state index contributed by atoms with van der Waals surface area (Å²) in [7, 11) is 0. The average molecular weight is 113 g/mol. The fraction of sp³-hybridized carbons (Fsp3) is 0. The molecule has 0 heterocycles. The van der Waals surface area contributed by atoms with Crippen LogP contribution in [0, 0.1) is 11.5 Å². The van der Waals surface area contributed by atoms with E-state index in [9.17, 15) is 9.59 Å². The van der Waals surface area contributed by atoms with Gasteiger partial charge in [0, 0.05) is 0 Å². The molecule has 0 unspecified atom stereocenters. The highest BCUT2D eigenvalue weighted by atomic mass is 16.2. The Labute approximate surface area is 45.1 Å². The van der Waals surface area contributed by atoms with E-state index in [1.807, 2.05) is 0 Å². The monoisotopic (exact) mass is 113 g/mol. The Bertz CT molecular complexity index is 156. The summed E-state index contributed by atoms with van der Waals surface area (Å²) in [6.45, 7) is 0. The van der Waals surface area contributed by atoms with Crippen molar-refractivity contribution in [2.75, 3.05) is 0 Å². The maximum Gasteiger partial charge on any atom is 0.322 e. The molecule has 0 rings (SSSR count). The van der Waals surface area contributed by atoms with E-state index in [2.05, 4.69) is 5.73 Å². The minimum atomic E-state index is -1.16. The number of nitrogens with two attached hydrogens (primary N) is 1. The number of amides is 2. The molecule has 2 amide bonds. The number of carbonyl (C=O) groups is 2. The molecule has 0 aromatic heterocycles. The fourth-order valence-electron chi connectivity index (χ4n) is 0.112. The molecule has 3 N–H and O–H groups in total. The van der Waals surface area contributed by atoms with Gasteiger partial charge >= 0.3 is 11.8 Å². The molecule has 0 aliphatic heterocycles. The second-order valence-electron chi connectivity index (χ2n) is 0.930. The molecule has 0 atom stereocenters. The van der Waals surface area contributed by atoms with Gasteiger partial charge < -0.3 is 5.73 Å². The molecule has 0 radical (unpaired) electrons. The second kappa shape index (κ2) is 2.58. The van der Waals surface area contributed by atoms with Gasteiger partial charge in [-0.2, -0.15) is 5.26 Å². The summed E-state index contributed by atoms with van der Waals surface area (Å²) in [5.41, 5.74) is 4.42. The van der Waals surface area contributed by atoms with Gasteiger partial charge in [-0.25, -0.2) is 0 Å². The lowest BCUT2D eigenvalue weighted by Crippen LogP contribution is -2.32. The Morgan fingerprint density at radius 3 is 2.25 bits per heavy atom. The third-order valence-electron chi connectivity index (χ3n) is 0.393. The molecule has 8 heavy (non-hydrogen) atoms. The Hall–Kier alpha value is -1.57. The summed E-state index contributed by atoms with van der Waals surface area (Å²) in [5, 5.41) is 9.23. The van der Waals surface area contributed by atoms with E-state index < -0.39 is 11.8 Å². The Balaban J connectivity index is 3.71. The van der Waals surface area contributed by atoms with Gasteiger partial charge in [-0.05, 0) is 0 Å². The molecule has 0 aromatic carbocycles. The van der Waals surface area contributed by atoms with Gasteiger partial charge in [-0.3, -0.25) is 14.9 Å². The first-order valence-corrected chi connectivity index (χ1v) is 1.67. The standard InChI is InChI=1S/C3H3N3O2/c4-1-6-3(8)2(5)7/h(H2,5,7)(H,6,8). The van der Waals surface area contributed by atoms with Crippen LogP contribution in [0.2, 0.25) is 0 Å². The van der Waals surface area contributed by atoms with Crippen molar-refractivity contribution in [1.29, 1.82) is 5.26 Å². The zero-order chi connectivity index (χ0) is 6.57. The smallest absolute Gasteiger partial charge is 0.322 e. The number of rotatable bonds is 0. The molecule has 0 bridgehead atoms. The number of hydrogen-bond acceptors (Lipinski definition) is 3. The first-order valence-electron chi connectivity index (χ1n) is 1.67. The predicted octanol–water partition coefficient (Wildman–Crippen LogP) is -1.93. The molecule has 5 heteroatoms. The van der Waals surface area contributed by atoms with E-state index in [0.717, 1.165) is 0 Å². The van der Waals surface area contributed by atoms with E-state index in [-0.39, 0.29) is 0 Å². The molecule has 0 aliphatic carbocycles. The first kappa shape index (κ1) is 6.43. The fourth-order valence-corrected chi connectivity index (χ4v) is 0.112. The van der Waals surface area contributed by atoms with Crippen LogP contribution in [0.25, 0.3) is 0 Å². The van der Waals surface area contributed by atoms with E-state index in [1.165, 1.54) is 11.5 Å². The zero-order valence-electron chi connectivity index (χ0n) is 3.84. The first-order chi connectivity index (χ1) is 3.68. The van der Waals surface area contributed by atoms with Crippen LogP contribution in [0.3, 0.4) is 0 Å². The van der Waals surface area contributed by atoms with Crippen LogP contribution in [0.4, 0.5) is 0 Å². The highest BCUT2D eigenvalue weighted by Crippen LogP contribution is 1.55. The highest BCUT2D eigenvalue weighted by Gasteiger charge is 2.04. The Morgan fingerprint density at radius 2 is 2.12 bits per heavy atom. The topological polar surface area (TPSA) is 96.0 Å². The van der Waals surface area contributed by atoms with E-state index in [1.54, 1.807) is 0 Å². The number of nitrogens with zero attached hydrogens (tertiary/aromatic N) is 1. The lowest BCUT2D eigenvalue weighted by molar-refractivity contribution is -0.136. The van der Waals surface area contributed by atoms with Gasteiger partial charge in [0.1, 0.15) is 0 Å². The maximum absolute atomic E-state index is 9.93. The van der Waals surface area contributed by atoms with Crippen LogP contribution < -0.4 is 11.1 Å². The summed E-state index contributed by atoms with van der Waals surface area (Å²) >= 11 is 0. The van der Waals surface area contributed by atoms with Gasteiger partial charge in [0.2, 0.25) is 0 Å². The number of carbonyl (C=O) groups excluding carboxylic acids is 2. The summed E-state index contributed by atoms with van der Waals surface area (Å²) in [6.07, 6.45) is 1.25. The molecule has 0 saturated carbocycles. The van der Waals surface area contributed by atoms with Gasteiger partial charge in [-0.1, -0.05) is 0 Å². The summed E-state index contributed by atoms with van der Waals surface area (Å²) in [4.78, 5) is 19.7. The maximum atomic E-state index is 9.93. The van der Waals surface area contributed by atoms with Crippen molar-refractivity contribution >= 4 is 11.8 Å². The number of nitrogens with one attached hydrogen (secondary N) is 1. The van der Waals surface area contributed by atoms with Crippen LogP contribution in [-0.4, -0.2) is 11.8 Å². The van der Waals surface area contributed by atoms with Gasteiger partial charge in [0.25, 0.3) is 0 Å². The largest absolute Gasteiger partial charge is 0.361 e. The normalized spacial score (nSPS) is 6.88. The van der Waals surface area contributed by atoms with Crippen LogP contribution >= 0.6 is 0 Å². The van der Waals surface area contributed by atoms with Crippen molar-refractivity contribution < 1.29 is 9.59 Å². The zero-order valence-corrected chi connectivity index (χ0v) is 3.84. The van der Waals surface area contributed by atoms with E-state index in [4.69, 9.17) is 5.26 Å². The van der Waals surface area contributed by atoms with Crippen LogP contribution in [0.5, 0.6) is 0 Å². The molecule has 0 aliphatic rings. The van der Waals surface area contributed by atoms with Gasteiger partial charge in [0.05, 0.1) is 0 Å². The van der Waals surface area contributed by atoms with Crippen molar-refractivity contribution in [3.05, 3.63) is 0 Å². The summed E-state index contributed by atoms with van der Waals surface area (Å²) in [6, 6.07) is 0. The van der Waals surface area contributed by atoms with Crippen molar-refractivity contribution in [3.63, 3.8) is 0 Å². The third-order valence-corrected chi connectivity index (χ3v) is 0.393.